The summed E-state index contributed by atoms with van der Waals surface area (Å²) in [4.78, 5) is 12.7. The molecule has 40 heavy (non-hydrogen) atoms. The number of rotatable bonds is 12. The summed E-state index contributed by atoms with van der Waals surface area (Å²) < 4.78 is 36.0. The first kappa shape index (κ1) is 28.4. The minimum absolute atomic E-state index is 0.184. The van der Waals surface area contributed by atoms with Gasteiger partial charge in [0, 0.05) is 5.56 Å². The van der Waals surface area contributed by atoms with Crippen molar-refractivity contribution in [3.8, 4) is 23.0 Å². The highest BCUT2D eigenvalue weighted by molar-refractivity contribution is 6.32. The van der Waals surface area contributed by atoms with Crippen molar-refractivity contribution in [1.82, 2.24) is 5.43 Å². The lowest BCUT2D eigenvalue weighted by Crippen LogP contribution is -2.17. The second-order valence-electron chi connectivity index (χ2n) is 8.52. The Morgan fingerprint density at radius 3 is 2.33 bits per heavy atom. The van der Waals surface area contributed by atoms with Crippen LogP contribution in [0.5, 0.6) is 23.0 Å². The molecule has 0 atom stereocenters. The average Bonchev–Trinajstić information content (AvgIpc) is 2.97. The molecule has 4 aromatic carbocycles. The molecule has 1 amide bonds. The fraction of sp³-hybridized carbons (Fsp3) is 0.161. The maximum atomic E-state index is 13.2. The summed E-state index contributed by atoms with van der Waals surface area (Å²) in [7, 11) is 1.51. The number of halogens is 2. The van der Waals surface area contributed by atoms with Crippen LogP contribution < -0.4 is 24.4 Å². The van der Waals surface area contributed by atoms with Gasteiger partial charge in [-0.05, 0) is 66.1 Å². The molecule has 0 bridgehead atoms. The lowest BCUT2D eigenvalue weighted by atomic mass is 10.2. The van der Waals surface area contributed by atoms with E-state index in [-0.39, 0.29) is 12.4 Å². The smallest absolute Gasteiger partial charge is 0.271 e. The normalized spacial score (nSPS) is 10.8. The van der Waals surface area contributed by atoms with Crippen LogP contribution in [0.1, 0.15) is 34.0 Å². The molecule has 0 heterocycles. The van der Waals surface area contributed by atoms with Gasteiger partial charge in [-0.25, -0.2) is 9.82 Å². The standard InChI is InChI=1S/C31H28ClFN2O5/c1-3-38-29-16-23(15-26(32)30(29)40-20-22-9-12-25(33)13-10-22)18-34-35-31(36)24-11-14-27(28(17-24)37-2)39-19-21-7-5-4-6-8-21/h4-18H,3,19-20H2,1-2H3,(H,35,36)/b34-18+. The van der Waals surface area contributed by atoms with Crippen LogP contribution >= 0.6 is 11.6 Å². The predicted molar refractivity (Wildman–Crippen MR) is 152 cm³/mol. The number of hydrogen-bond acceptors (Lipinski definition) is 6. The van der Waals surface area contributed by atoms with E-state index in [1.807, 2.05) is 37.3 Å². The third-order valence-corrected chi connectivity index (χ3v) is 5.95. The number of nitrogens with one attached hydrogen (secondary N) is 1. The molecule has 0 aliphatic rings. The molecule has 0 unspecified atom stereocenters. The third kappa shape index (κ3) is 7.74. The monoisotopic (exact) mass is 562 g/mol. The summed E-state index contributed by atoms with van der Waals surface area (Å²) >= 11 is 6.47. The predicted octanol–water partition coefficient (Wildman–Crippen LogP) is 6.81. The summed E-state index contributed by atoms with van der Waals surface area (Å²) in [5, 5.41) is 4.36. The van der Waals surface area contributed by atoms with E-state index in [1.54, 1.807) is 42.5 Å². The maximum absolute atomic E-state index is 13.2. The maximum Gasteiger partial charge on any atom is 0.271 e. The largest absolute Gasteiger partial charge is 0.493 e. The Morgan fingerprint density at radius 1 is 0.875 bits per heavy atom. The Balaban J connectivity index is 1.40. The van der Waals surface area contributed by atoms with Crippen molar-refractivity contribution < 1.29 is 28.1 Å². The second-order valence-corrected chi connectivity index (χ2v) is 8.92. The fourth-order valence-corrected chi connectivity index (χ4v) is 3.97. The van der Waals surface area contributed by atoms with E-state index in [9.17, 15) is 9.18 Å². The molecule has 0 spiro atoms. The highest BCUT2D eigenvalue weighted by Gasteiger charge is 2.14. The van der Waals surface area contributed by atoms with Gasteiger partial charge in [-0.1, -0.05) is 54.1 Å². The molecule has 0 aliphatic heterocycles. The number of amides is 1. The SMILES string of the molecule is CCOc1cc(/C=N/NC(=O)c2ccc(OCc3ccccc3)c(OC)c2)cc(Cl)c1OCc1ccc(F)cc1. The van der Waals surface area contributed by atoms with Crippen molar-refractivity contribution in [2.45, 2.75) is 20.1 Å². The molecule has 9 heteroatoms. The van der Waals surface area contributed by atoms with Gasteiger partial charge in [0.2, 0.25) is 0 Å². The lowest BCUT2D eigenvalue weighted by molar-refractivity contribution is 0.0954. The molecule has 0 saturated carbocycles. The van der Waals surface area contributed by atoms with Crippen molar-refractivity contribution in [3.63, 3.8) is 0 Å². The third-order valence-electron chi connectivity index (χ3n) is 5.67. The highest BCUT2D eigenvalue weighted by Crippen LogP contribution is 2.37. The van der Waals surface area contributed by atoms with Crippen LogP contribution in [0.4, 0.5) is 4.39 Å². The van der Waals surface area contributed by atoms with Crippen LogP contribution in [0.25, 0.3) is 0 Å². The molecular weight excluding hydrogens is 535 g/mol. The Labute approximate surface area is 237 Å². The van der Waals surface area contributed by atoms with Crippen molar-refractivity contribution in [3.05, 3.63) is 118 Å². The van der Waals surface area contributed by atoms with Crippen LogP contribution in [0.15, 0.2) is 90.0 Å². The van der Waals surface area contributed by atoms with Crippen LogP contribution in [0.3, 0.4) is 0 Å². The van der Waals surface area contributed by atoms with E-state index in [0.29, 0.717) is 52.4 Å². The molecule has 1 N–H and O–H groups in total. The zero-order valence-corrected chi connectivity index (χ0v) is 22.8. The molecule has 4 rings (SSSR count). The Kier molecular flexibility index (Phi) is 9.96. The van der Waals surface area contributed by atoms with Crippen LogP contribution in [0.2, 0.25) is 5.02 Å². The second kappa shape index (κ2) is 14.0. The van der Waals surface area contributed by atoms with Gasteiger partial charge in [0.25, 0.3) is 5.91 Å². The van der Waals surface area contributed by atoms with Crippen LogP contribution in [-0.2, 0) is 13.2 Å². The van der Waals surface area contributed by atoms with E-state index in [4.69, 9.17) is 30.5 Å². The molecule has 0 fully saturated rings. The van der Waals surface area contributed by atoms with Gasteiger partial charge < -0.3 is 18.9 Å². The van der Waals surface area contributed by atoms with E-state index in [0.717, 1.165) is 11.1 Å². The van der Waals surface area contributed by atoms with E-state index < -0.39 is 5.91 Å². The van der Waals surface area contributed by atoms with E-state index >= 15 is 0 Å². The first-order valence-electron chi connectivity index (χ1n) is 12.5. The topological polar surface area (TPSA) is 78.4 Å². The fourth-order valence-electron chi connectivity index (χ4n) is 3.69. The summed E-state index contributed by atoms with van der Waals surface area (Å²) in [5.74, 6) is 0.968. The number of hydrogen-bond donors (Lipinski definition) is 1. The van der Waals surface area contributed by atoms with Gasteiger partial charge in [-0.15, -0.1) is 0 Å². The number of nitrogens with zero attached hydrogens (tertiary/aromatic N) is 1. The van der Waals surface area contributed by atoms with Gasteiger partial charge in [0.1, 0.15) is 19.0 Å². The molecule has 4 aromatic rings. The minimum atomic E-state index is -0.431. The molecular formula is C31H28ClFN2O5. The van der Waals surface area contributed by atoms with Crippen molar-refractivity contribution in [1.29, 1.82) is 0 Å². The molecule has 0 radical (unpaired) electrons. The quantitative estimate of drug-likeness (QED) is 0.152. The zero-order chi connectivity index (χ0) is 28.3. The Morgan fingerprint density at radius 2 is 1.60 bits per heavy atom. The van der Waals surface area contributed by atoms with E-state index in [1.165, 1.54) is 25.5 Å². The average molecular weight is 563 g/mol. The first-order chi connectivity index (χ1) is 19.5. The first-order valence-corrected chi connectivity index (χ1v) is 12.9. The lowest BCUT2D eigenvalue weighted by Gasteiger charge is -2.14. The van der Waals surface area contributed by atoms with Gasteiger partial charge >= 0.3 is 0 Å². The summed E-state index contributed by atoms with van der Waals surface area (Å²) in [6.45, 7) is 2.77. The Bertz CT molecular complexity index is 1460. The molecule has 0 aliphatic carbocycles. The van der Waals surface area contributed by atoms with Crippen molar-refractivity contribution in [2.75, 3.05) is 13.7 Å². The number of methoxy groups -OCH3 is 1. The van der Waals surface area contributed by atoms with Gasteiger partial charge in [0.05, 0.1) is 25.0 Å². The van der Waals surface area contributed by atoms with Gasteiger partial charge in [-0.2, -0.15) is 5.10 Å². The van der Waals surface area contributed by atoms with Crippen molar-refractivity contribution in [2.24, 2.45) is 5.10 Å². The summed E-state index contributed by atoms with van der Waals surface area (Å²) in [6, 6.07) is 24.0. The zero-order valence-electron chi connectivity index (χ0n) is 22.0. The van der Waals surface area contributed by atoms with Crippen LogP contribution in [0, 0.1) is 5.82 Å². The van der Waals surface area contributed by atoms with Gasteiger partial charge in [-0.3, -0.25) is 4.79 Å². The summed E-state index contributed by atoms with van der Waals surface area (Å²) in [6.07, 6.45) is 1.45. The summed E-state index contributed by atoms with van der Waals surface area (Å²) in [5.41, 5.74) is 5.23. The number of hydrazone groups is 1. The molecule has 206 valence electrons. The van der Waals surface area contributed by atoms with Gasteiger partial charge in [0.15, 0.2) is 23.0 Å². The van der Waals surface area contributed by atoms with Crippen molar-refractivity contribution >= 4 is 23.7 Å². The molecule has 0 saturated heterocycles. The number of ether oxygens (including phenoxy) is 4. The molecule has 0 aromatic heterocycles. The van der Waals surface area contributed by atoms with E-state index in [2.05, 4.69) is 10.5 Å². The number of carbonyl (C=O) groups is 1. The minimum Gasteiger partial charge on any atom is -0.493 e. The molecule has 7 nitrogen and oxygen atoms in total. The highest BCUT2D eigenvalue weighted by atomic mass is 35.5. The number of benzene rings is 4. The number of carbonyl (C=O) groups excluding carboxylic acids is 1. The van der Waals surface area contributed by atoms with Crippen LogP contribution in [-0.4, -0.2) is 25.8 Å². The Hall–Kier alpha value is -4.56.